The molecule has 2 heterocycles. The topological polar surface area (TPSA) is 43.6 Å². The molecule has 0 N–H and O–H groups in total. The lowest BCUT2D eigenvalue weighted by Crippen LogP contribution is -2.05. The third-order valence-electron chi connectivity index (χ3n) is 2.31. The summed E-state index contributed by atoms with van der Waals surface area (Å²) in [6, 6.07) is 0. The highest BCUT2D eigenvalue weighted by molar-refractivity contribution is 6.30. The maximum absolute atomic E-state index is 5.96. The zero-order valence-electron chi connectivity index (χ0n) is 9.10. The van der Waals surface area contributed by atoms with E-state index in [1.165, 1.54) is 0 Å². The van der Waals surface area contributed by atoms with Gasteiger partial charge in [0.05, 0.1) is 12.1 Å². The molecule has 4 nitrogen and oxygen atoms in total. The Hall–Kier alpha value is -1.42. The average Bonchev–Trinajstić information content (AvgIpc) is 2.70. The van der Waals surface area contributed by atoms with Crippen LogP contribution in [0.25, 0.3) is 0 Å². The van der Waals surface area contributed by atoms with Gasteiger partial charge in [-0.1, -0.05) is 18.5 Å². The summed E-state index contributed by atoms with van der Waals surface area (Å²) in [6.07, 6.45) is 8.72. The summed E-state index contributed by atoms with van der Waals surface area (Å²) < 4.78 is 2.12. The summed E-state index contributed by atoms with van der Waals surface area (Å²) in [6.45, 7) is 3.10. The lowest BCUT2D eigenvalue weighted by atomic mass is 10.3. The molecular weight excluding hydrogens is 224 g/mol. The van der Waals surface area contributed by atoms with Crippen LogP contribution in [0.5, 0.6) is 0 Å². The molecule has 0 aliphatic carbocycles. The molecule has 0 radical (unpaired) electrons. The second-order valence-electron chi connectivity index (χ2n) is 3.51. The van der Waals surface area contributed by atoms with E-state index in [1.54, 1.807) is 18.6 Å². The van der Waals surface area contributed by atoms with Crippen molar-refractivity contribution in [3.8, 4) is 0 Å². The van der Waals surface area contributed by atoms with Crippen molar-refractivity contribution in [1.29, 1.82) is 0 Å². The van der Waals surface area contributed by atoms with Crippen molar-refractivity contribution in [1.82, 2.24) is 19.5 Å². The molecule has 0 atom stereocenters. The first-order valence-corrected chi connectivity index (χ1v) is 5.64. The number of imidazole rings is 1. The van der Waals surface area contributed by atoms with E-state index in [0.29, 0.717) is 11.6 Å². The highest BCUT2D eigenvalue weighted by Crippen LogP contribution is 2.13. The Labute approximate surface area is 99.3 Å². The molecule has 0 aliphatic heterocycles. The molecule has 0 fully saturated rings. The Kier molecular flexibility index (Phi) is 3.51. The number of aromatic nitrogens is 4. The van der Waals surface area contributed by atoms with Gasteiger partial charge >= 0.3 is 0 Å². The predicted octanol–water partition coefficient (Wildman–Crippen LogP) is 2.33. The van der Waals surface area contributed by atoms with Crippen LogP contribution in [-0.4, -0.2) is 19.5 Å². The first kappa shape index (κ1) is 11.1. The van der Waals surface area contributed by atoms with E-state index in [1.807, 2.05) is 6.20 Å². The van der Waals surface area contributed by atoms with Crippen LogP contribution in [0.15, 0.2) is 24.8 Å². The van der Waals surface area contributed by atoms with Crippen molar-refractivity contribution >= 4 is 11.6 Å². The lowest BCUT2D eigenvalue weighted by Gasteiger charge is -2.06. The molecule has 2 rings (SSSR count). The van der Waals surface area contributed by atoms with Gasteiger partial charge in [0.15, 0.2) is 5.15 Å². The largest absolute Gasteiger partial charge is 0.335 e. The maximum Gasteiger partial charge on any atom is 0.150 e. The maximum atomic E-state index is 5.96. The average molecular weight is 237 g/mol. The van der Waals surface area contributed by atoms with Gasteiger partial charge in [0.25, 0.3) is 0 Å². The zero-order chi connectivity index (χ0) is 11.4. The molecule has 2 aromatic heterocycles. The monoisotopic (exact) mass is 236 g/mol. The summed E-state index contributed by atoms with van der Waals surface area (Å²) in [5.74, 6) is 0.976. The Balaban J connectivity index is 2.20. The molecule has 2 aromatic rings. The molecule has 5 heteroatoms. The number of rotatable bonds is 4. The van der Waals surface area contributed by atoms with Crippen molar-refractivity contribution in [2.24, 2.45) is 0 Å². The lowest BCUT2D eigenvalue weighted by molar-refractivity contribution is 0.644. The molecule has 0 aromatic carbocycles. The highest BCUT2D eigenvalue weighted by Gasteiger charge is 2.08. The summed E-state index contributed by atoms with van der Waals surface area (Å²) in [5, 5.41) is 0.452. The van der Waals surface area contributed by atoms with Crippen molar-refractivity contribution in [2.75, 3.05) is 0 Å². The quantitative estimate of drug-likeness (QED) is 0.818. The van der Waals surface area contributed by atoms with Crippen LogP contribution in [0.4, 0.5) is 0 Å². The second kappa shape index (κ2) is 5.07. The number of aryl methyl sites for hydroxylation is 1. The van der Waals surface area contributed by atoms with Crippen LogP contribution >= 0.6 is 11.6 Å². The number of nitrogens with zero attached hydrogens (tertiary/aromatic N) is 4. The minimum Gasteiger partial charge on any atom is -0.335 e. The fraction of sp³-hybridized carbons (Fsp3) is 0.364. The second-order valence-corrected chi connectivity index (χ2v) is 3.87. The molecule has 0 saturated heterocycles. The Morgan fingerprint density at radius 1 is 1.19 bits per heavy atom. The number of hydrogen-bond acceptors (Lipinski definition) is 3. The van der Waals surface area contributed by atoms with Crippen LogP contribution < -0.4 is 0 Å². The van der Waals surface area contributed by atoms with Crippen LogP contribution in [0.1, 0.15) is 24.9 Å². The minimum atomic E-state index is 0.452. The molecule has 0 amide bonds. The molecule has 0 spiro atoms. The highest BCUT2D eigenvalue weighted by atomic mass is 35.5. The third-order valence-corrected chi connectivity index (χ3v) is 2.63. The number of hydrogen-bond donors (Lipinski definition) is 0. The van der Waals surface area contributed by atoms with Gasteiger partial charge in [0, 0.05) is 31.3 Å². The Morgan fingerprint density at radius 3 is 2.75 bits per heavy atom. The van der Waals surface area contributed by atoms with E-state index in [0.717, 1.165) is 24.5 Å². The van der Waals surface area contributed by atoms with Crippen molar-refractivity contribution in [2.45, 2.75) is 26.3 Å². The molecule has 0 bridgehead atoms. The molecule has 0 aliphatic rings. The van der Waals surface area contributed by atoms with Gasteiger partial charge in [-0.15, -0.1) is 0 Å². The van der Waals surface area contributed by atoms with Gasteiger partial charge in [-0.2, -0.15) is 0 Å². The van der Waals surface area contributed by atoms with Crippen molar-refractivity contribution in [3.63, 3.8) is 0 Å². The van der Waals surface area contributed by atoms with E-state index < -0.39 is 0 Å². The van der Waals surface area contributed by atoms with Gasteiger partial charge in [0.1, 0.15) is 5.82 Å². The van der Waals surface area contributed by atoms with E-state index >= 15 is 0 Å². The molecular formula is C11H13ClN4. The molecule has 16 heavy (non-hydrogen) atoms. The molecule has 0 unspecified atom stereocenters. The van der Waals surface area contributed by atoms with Crippen LogP contribution in [0.3, 0.4) is 0 Å². The molecule has 0 saturated carbocycles. The van der Waals surface area contributed by atoms with Crippen molar-refractivity contribution < 1.29 is 0 Å². The fourth-order valence-corrected chi connectivity index (χ4v) is 1.74. The van der Waals surface area contributed by atoms with Crippen LogP contribution in [0.2, 0.25) is 5.15 Å². The minimum absolute atomic E-state index is 0.452. The smallest absolute Gasteiger partial charge is 0.150 e. The van der Waals surface area contributed by atoms with Gasteiger partial charge in [-0.3, -0.25) is 4.98 Å². The summed E-state index contributed by atoms with van der Waals surface area (Å²) in [7, 11) is 0. The first-order chi connectivity index (χ1) is 7.81. The SMILES string of the molecule is CCCn1ccnc1Cc1nccnc1Cl. The van der Waals surface area contributed by atoms with Gasteiger partial charge in [-0.05, 0) is 6.42 Å². The zero-order valence-corrected chi connectivity index (χ0v) is 9.85. The van der Waals surface area contributed by atoms with Crippen LogP contribution in [0, 0.1) is 0 Å². The standard InChI is InChI=1S/C11H13ClN4/c1-2-6-16-7-5-14-10(16)8-9-11(12)15-4-3-13-9/h3-5,7H,2,6,8H2,1H3. The van der Waals surface area contributed by atoms with Gasteiger partial charge < -0.3 is 4.57 Å². The van der Waals surface area contributed by atoms with Crippen molar-refractivity contribution in [3.05, 3.63) is 41.5 Å². The molecule has 84 valence electrons. The van der Waals surface area contributed by atoms with E-state index in [4.69, 9.17) is 11.6 Å². The third kappa shape index (κ3) is 2.39. The Bertz CT molecular complexity index is 467. The summed E-state index contributed by atoms with van der Waals surface area (Å²) in [5.41, 5.74) is 0.771. The van der Waals surface area contributed by atoms with Crippen LogP contribution in [-0.2, 0) is 13.0 Å². The van der Waals surface area contributed by atoms with E-state index in [9.17, 15) is 0 Å². The predicted molar refractivity (Wildman–Crippen MR) is 62.4 cm³/mol. The Morgan fingerprint density at radius 2 is 2.00 bits per heavy atom. The van der Waals surface area contributed by atoms with E-state index in [-0.39, 0.29) is 0 Å². The first-order valence-electron chi connectivity index (χ1n) is 5.26. The van der Waals surface area contributed by atoms with Gasteiger partial charge in [0.2, 0.25) is 0 Å². The fourth-order valence-electron chi connectivity index (χ4n) is 1.57. The summed E-state index contributed by atoms with van der Waals surface area (Å²) in [4.78, 5) is 12.5. The van der Waals surface area contributed by atoms with E-state index in [2.05, 4.69) is 26.4 Å². The number of halogens is 1. The normalized spacial score (nSPS) is 10.6. The summed E-state index contributed by atoms with van der Waals surface area (Å²) >= 11 is 5.96. The van der Waals surface area contributed by atoms with Gasteiger partial charge in [-0.25, -0.2) is 9.97 Å².